The molecule has 0 radical (unpaired) electrons. The molecule has 0 bridgehead atoms. The lowest BCUT2D eigenvalue weighted by molar-refractivity contribution is -0.152. The summed E-state index contributed by atoms with van der Waals surface area (Å²) >= 11 is 12.1. The minimum atomic E-state index is -0.644. The molecular weight excluding hydrogens is 539 g/mol. The fourth-order valence-corrected chi connectivity index (χ4v) is 5.97. The topological polar surface area (TPSA) is 82.2 Å². The summed E-state index contributed by atoms with van der Waals surface area (Å²) in [6.45, 7) is 7.87. The number of amides is 3. The van der Waals surface area contributed by atoms with Crippen molar-refractivity contribution in [2.75, 3.05) is 44.6 Å². The minimum Gasteiger partial charge on any atom is -0.463 e. The van der Waals surface area contributed by atoms with Crippen LogP contribution >= 0.6 is 23.2 Å². The van der Waals surface area contributed by atoms with Crippen LogP contribution in [0.4, 0.5) is 10.5 Å². The standard InChI is InChI=1S/C29H42Cl2N4O4/c1-3-4-5-6-26(36)39-20-23(9-14-33-15-12-29(10-11-29)13-16-33)35-18-17-34(21(2)27(35)37)28(38)32-22-7-8-24(30)25(31)19-22/h7-8,19,21,23H,3-6,9-18,20H2,1-2H3,(H,32,38)/t21-,23-/m0/s1. The third-order valence-electron chi connectivity index (χ3n) is 8.64. The first-order valence-corrected chi connectivity index (χ1v) is 15.2. The van der Waals surface area contributed by atoms with Gasteiger partial charge in [0.15, 0.2) is 0 Å². The number of piperidine rings is 1. The number of urea groups is 1. The number of nitrogens with zero attached hydrogens (tertiary/aromatic N) is 3. The quantitative estimate of drug-likeness (QED) is 0.263. The van der Waals surface area contributed by atoms with Crippen molar-refractivity contribution >= 4 is 46.8 Å². The third-order valence-corrected chi connectivity index (χ3v) is 9.37. The fourth-order valence-electron chi connectivity index (χ4n) is 5.67. The normalized spacial score (nSPS) is 21.6. The summed E-state index contributed by atoms with van der Waals surface area (Å²) in [5.74, 6) is -0.338. The van der Waals surface area contributed by atoms with Crippen LogP contribution in [0.25, 0.3) is 0 Å². The van der Waals surface area contributed by atoms with Gasteiger partial charge in [0, 0.05) is 31.7 Å². The van der Waals surface area contributed by atoms with Crippen molar-refractivity contribution in [2.24, 2.45) is 5.41 Å². The Labute approximate surface area is 242 Å². The number of halogens is 2. The van der Waals surface area contributed by atoms with Gasteiger partial charge in [-0.15, -0.1) is 0 Å². The van der Waals surface area contributed by atoms with E-state index in [1.54, 1.807) is 25.1 Å². The highest BCUT2D eigenvalue weighted by atomic mass is 35.5. The van der Waals surface area contributed by atoms with Gasteiger partial charge in [-0.25, -0.2) is 4.79 Å². The first kappa shape index (κ1) is 29.9. The molecule has 4 rings (SSSR count). The Kier molecular flexibility index (Phi) is 10.4. The molecule has 2 saturated heterocycles. The van der Waals surface area contributed by atoms with Crippen LogP contribution in [0.5, 0.6) is 0 Å². The second-order valence-corrected chi connectivity index (χ2v) is 12.2. The van der Waals surface area contributed by atoms with Crippen molar-refractivity contribution in [1.82, 2.24) is 14.7 Å². The molecule has 1 saturated carbocycles. The molecule has 216 valence electrons. The molecule has 3 aliphatic rings. The summed E-state index contributed by atoms with van der Waals surface area (Å²) in [5.41, 5.74) is 1.13. The van der Waals surface area contributed by atoms with E-state index in [1.807, 2.05) is 4.90 Å². The van der Waals surface area contributed by atoms with Crippen LogP contribution in [0, 0.1) is 5.41 Å². The van der Waals surface area contributed by atoms with Crippen LogP contribution in [-0.4, -0.2) is 84.0 Å². The molecule has 1 spiro atoms. The lowest BCUT2D eigenvalue weighted by Crippen LogP contribution is -2.61. The van der Waals surface area contributed by atoms with Gasteiger partial charge >= 0.3 is 12.0 Å². The van der Waals surface area contributed by atoms with Gasteiger partial charge in [0.05, 0.1) is 16.1 Å². The summed E-state index contributed by atoms with van der Waals surface area (Å²) < 4.78 is 5.68. The minimum absolute atomic E-state index is 0.131. The molecule has 8 nitrogen and oxygen atoms in total. The average Bonchev–Trinajstić information content (AvgIpc) is 3.68. The Morgan fingerprint density at radius 1 is 1.08 bits per heavy atom. The van der Waals surface area contributed by atoms with Crippen LogP contribution in [0.1, 0.15) is 71.6 Å². The van der Waals surface area contributed by atoms with Crippen molar-refractivity contribution in [3.8, 4) is 0 Å². The molecule has 1 aromatic rings. The molecule has 0 aromatic heterocycles. The maximum absolute atomic E-state index is 13.5. The first-order chi connectivity index (χ1) is 18.7. The van der Waals surface area contributed by atoms with E-state index in [0.717, 1.165) is 45.3 Å². The van der Waals surface area contributed by atoms with E-state index in [-0.39, 0.29) is 30.6 Å². The monoisotopic (exact) mass is 580 g/mol. The number of carbonyl (C=O) groups is 3. The zero-order valence-electron chi connectivity index (χ0n) is 23.2. The smallest absolute Gasteiger partial charge is 0.322 e. The number of anilines is 1. The number of rotatable bonds is 11. The maximum Gasteiger partial charge on any atom is 0.322 e. The van der Waals surface area contributed by atoms with E-state index in [1.165, 1.54) is 30.6 Å². The molecule has 2 aliphatic heterocycles. The Bertz CT molecular complexity index is 1020. The summed E-state index contributed by atoms with van der Waals surface area (Å²) in [6.07, 6.45) is 9.25. The third kappa shape index (κ3) is 8.01. The van der Waals surface area contributed by atoms with Crippen LogP contribution < -0.4 is 5.32 Å². The first-order valence-electron chi connectivity index (χ1n) is 14.4. The van der Waals surface area contributed by atoms with Crippen LogP contribution in [0.15, 0.2) is 18.2 Å². The molecule has 1 aromatic carbocycles. The van der Waals surface area contributed by atoms with Crippen molar-refractivity contribution in [2.45, 2.75) is 83.7 Å². The predicted molar refractivity (Wildman–Crippen MR) is 154 cm³/mol. The number of nitrogens with one attached hydrogen (secondary N) is 1. The lowest BCUT2D eigenvalue weighted by Gasteiger charge is -2.43. The molecule has 39 heavy (non-hydrogen) atoms. The Hall–Kier alpha value is -2.03. The van der Waals surface area contributed by atoms with Crippen LogP contribution in [-0.2, 0) is 14.3 Å². The van der Waals surface area contributed by atoms with E-state index in [4.69, 9.17) is 27.9 Å². The molecule has 3 amide bonds. The van der Waals surface area contributed by atoms with Gasteiger partial charge in [-0.3, -0.25) is 9.59 Å². The van der Waals surface area contributed by atoms with Gasteiger partial charge < -0.3 is 24.8 Å². The van der Waals surface area contributed by atoms with E-state index < -0.39 is 6.04 Å². The predicted octanol–water partition coefficient (Wildman–Crippen LogP) is 5.82. The summed E-state index contributed by atoms with van der Waals surface area (Å²) in [5, 5.41) is 3.56. The Morgan fingerprint density at radius 2 is 1.82 bits per heavy atom. The molecule has 2 atom stereocenters. The van der Waals surface area contributed by atoms with E-state index >= 15 is 0 Å². The molecular formula is C29H42Cl2N4O4. The Balaban J connectivity index is 1.35. The van der Waals surface area contributed by atoms with Gasteiger partial charge in [-0.1, -0.05) is 43.0 Å². The number of hydrogen-bond acceptors (Lipinski definition) is 5. The SMILES string of the molecule is CCCCCC(=O)OC[C@H](CCN1CCC2(CC1)CC2)N1CCN(C(=O)Nc2ccc(Cl)c(Cl)c2)[C@@H](C)C1=O. The van der Waals surface area contributed by atoms with Crippen molar-refractivity contribution < 1.29 is 19.1 Å². The van der Waals surface area contributed by atoms with Gasteiger partial charge in [-0.05, 0) is 82.2 Å². The van der Waals surface area contributed by atoms with Crippen LogP contribution in [0.2, 0.25) is 10.0 Å². The zero-order valence-corrected chi connectivity index (χ0v) is 24.7. The second kappa shape index (κ2) is 13.6. The number of carbonyl (C=O) groups excluding carboxylic acids is 3. The number of likely N-dealkylation sites (tertiary alicyclic amines) is 1. The number of esters is 1. The second-order valence-electron chi connectivity index (χ2n) is 11.4. The summed E-state index contributed by atoms with van der Waals surface area (Å²) in [6, 6.07) is 3.65. The molecule has 1 aliphatic carbocycles. The van der Waals surface area contributed by atoms with Crippen LogP contribution in [0.3, 0.4) is 0 Å². The lowest BCUT2D eigenvalue weighted by atomic mass is 9.93. The summed E-state index contributed by atoms with van der Waals surface area (Å²) in [7, 11) is 0. The van der Waals surface area contributed by atoms with E-state index in [0.29, 0.717) is 40.7 Å². The number of unbranched alkanes of at least 4 members (excludes halogenated alkanes) is 2. The largest absolute Gasteiger partial charge is 0.463 e. The highest BCUT2D eigenvalue weighted by molar-refractivity contribution is 6.42. The van der Waals surface area contributed by atoms with E-state index in [2.05, 4.69) is 17.1 Å². The fraction of sp³-hybridized carbons (Fsp3) is 0.690. The highest BCUT2D eigenvalue weighted by Crippen LogP contribution is 2.53. The number of benzene rings is 1. The molecule has 10 heteroatoms. The van der Waals surface area contributed by atoms with E-state index in [9.17, 15) is 14.4 Å². The summed E-state index contributed by atoms with van der Waals surface area (Å²) in [4.78, 5) is 44.8. The Morgan fingerprint density at radius 3 is 2.49 bits per heavy atom. The van der Waals surface area contributed by atoms with Gasteiger partial charge in [-0.2, -0.15) is 0 Å². The zero-order chi connectivity index (χ0) is 28.0. The molecule has 2 heterocycles. The van der Waals surface area contributed by atoms with Crippen molar-refractivity contribution in [3.05, 3.63) is 28.2 Å². The van der Waals surface area contributed by atoms with Crippen molar-refractivity contribution in [3.63, 3.8) is 0 Å². The van der Waals surface area contributed by atoms with Crippen molar-refractivity contribution in [1.29, 1.82) is 0 Å². The molecule has 1 N–H and O–H groups in total. The van der Waals surface area contributed by atoms with Gasteiger partial charge in [0.2, 0.25) is 5.91 Å². The van der Waals surface area contributed by atoms with Gasteiger partial charge in [0.25, 0.3) is 0 Å². The average molecular weight is 582 g/mol. The molecule has 3 fully saturated rings. The highest BCUT2D eigenvalue weighted by Gasteiger charge is 2.44. The molecule has 0 unspecified atom stereocenters. The van der Waals surface area contributed by atoms with Gasteiger partial charge in [0.1, 0.15) is 12.6 Å². The maximum atomic E-state index is 13.5. The number of ether oxygens (including phenoxy) is 1. The number of hydrogen-bond donors (Lipinski definition) is 1. The number of piperazine rings is 1.